The number of hydrogen-bond donors (Lipinski definition) is 0. The van der Waals surface area contributed by atoms with E-state index in [-0.39, 0.29) is 17.7 Å². The molecule has 154 valence electrons. The van der Waals surface area contributed by atoms with Crippen LogP contribution < -0.4 is 0 Å². The molecule has 3 aromatic carbocycles. The van der Waals surface area contributed by atoms with Gasteiger partial charge in [-0.1, -0.05) is 42.5 Å². The van der Waals surface area contributed by atoms with Gasteiger partial charge < -0.3 is 9.47 Å². The van der Waals surface area contributed by atoms with Crippen molar-refractivity contribution in [3.8, 4) is 0 Å². The quantitative estimate of drug-likeness (QED) is 0.205. The zero-order valence-corrected chi connectivity index (χ0v) is 16.4. The lowest BCUT2D eigenvalue weighted by molar-refractivity contribution is -0.384. The van der Waals surface area contributed by atoms with E-state index in [1.54, 1.807) is 0 Å². The van der Waals surface area contributed by atoms with Gasteiger partial charge in [0.1, 0.15) is 6.61 Å². The molecule has 0 saturated heterocycles. The monoisotopic (exact) mass is 416 g/mol. The number of carbonyl (C=O) groups excluding carboxylic acids is 2. The van der Waals surface area contributed by atoms with Gasteiger partial charge in [0.05, 0.1) is 34.4 Å². The first kappa shape index (κ1) is 20.0. The molecule has 0 spiro atoms. The maximum absolute atomic E-state index is 12.6. The standard InChI is InChI=1S/C23H16N2O6/c1-30-22(26)14-10-15(12-16(11-14)25(28)29)23(27)31-13-21-19-8-3-2-6-17(19)18-7-4-5-9-20(18)24-21/h2-12H,13H2,1H3. The summed E-state index contributed by atoms with van der Waals surface area (Å²) in [7, 11) is 1.15. The van der Waals surface area contributed by atoms with Crippen molar-refractivity contribution in [3.05, 3.63) is 93.7 Å². The number of non-ortho nitro benzene ring substituents is 1. The molecule has 1 heterocycles. The number of fused-ring (bicyclic) bond motifs is 3. The summed E-state index contributed by atoms with van der Waals surface area (Å²) in [4.78, 5) is 39.5. The predicted molar refractivity (Wildman–Crippen MR) is 113 cm³/mol. The highest BCUT2D eigenvalue weighted by molar-refractivity contribution is 6.06. The minimum atomic E-state index is -0.812. The van der Waals surface area contributed by atoms with Crippen molar-refractivity contribution in [2.45, 2.75) is 6.61 Å². The number of nitro benzene ring substituents is 1. The second kappa shape index (κ2) is 8.19. The Balaban J connectivity index is 1.67. The van der Waals surface area contributed by atoms with Crippen molar-refractivity contribution in [2.24, 2.45) is 0 Å². The largest absolute Gasteiger partial charge is 0.465 e. The molecule has 0 radical (unpaired) electrons. The van der Waals surface area contributed by atoms with Crippen molar-refractivity contribution >= 4 is 39.3 Å². The van der Waals surface area contributed by atoms with Gasteiger partial charge in [-0.2, -0.15) is 0 Å². The summed E-state index contributed by atoms with van der Waals surface area (Å²) in [5.41, 5.74) is 0.665. The van der Waals surface area contributed by atoms with E-state index >= 15 is 0 Å². The number of nitrogens with zero attached hydrogens (tertiary/aromatic N) is 2. The molecule has 0 atom stereocenters. The third kappa shape index (κ3) is 3.91. The first-order valence-corrected chi connectivity index (χ1v) is 9.29. The normalized spacial score (nSPS) is 10.7. The molecule has 1 aromatic heterocycles. The van der Waals surface area contributed by atoms with E-state index in [9.17, 15) is 19.7 Å². The number of rotatable bonds is 5. The topological polar surface area (TPSA) is 109 Å². The van der Waals surface area contributed by atoms with Crippen molar-refractivity contribution in [1.82, 2.24) is 4.98 Å². The van der Waals surface area contributed by atoms with Crippen LogP contribution in [-0.2, 0) is 16.1 Å². The van der Waals surface area contributed by atoms with E-state index in [1.165, 1.54) is 6.07 Å². The fourth-order valence-corrected chi connectivity index (χ4v) is 3.37. The van der Waals surface area contributed by atoms with Gasteiger partial charge in [0.2, 0.25) is 0 Å². The number of methoxy groups -OCH3 is 1. The molecule has 0 aliphatic carbocycles. The molecular weight excluding hydrogens is 400 g/mol. The summed E-state index contributed by atoms with van der Waals surface area (Å²) in [5.74, 6) is -1.60. The number of ether oxygens (including phenoxy) is 2. The fraction of sp³-hybridized carbons (Fsp3) is 0.0870. The third-order valence-electron chi connectivity index (χ3n) is 4.81. The van der Waals surface area contributed by atoms with E-state index in [4.69, 9.17) is 4.74 Å². The van der Waals surface area contributed by atoms with Crippen molar-refractivity contribution in [2.75, 3.05) is 7.11 Å². The summed E-state index contributed by atoms with van der Waals surface area (Å²) in [6, 6.07) is 18.6. The first-order valence-electron chi connectivity index (χ1n) is 9.29. The number of esters is 2. The maximum Gasteiger partial charge on any atom is 0.338 e. The van der Waals surface area contributed by atoms with E-state index in [0.29, 0.717) is 5.69 Å². The van der Waals surface area contributed by atoms with Crippen LogP contribution >= 0.6 is 0 Å². The molecule has 4 aromatic rings. The lowest BCUT2D eigenvalue weighted by Crippen LogP contribution is -2.10. The van der Waals surface area contributed by atoms with Gasteiger partial charge in [-0.25, -0.2) is 14.6 Å². The van der Waals surface area contributed by atoms with Crippen LogP contribution in [0.3, 0.4) is 0 Å². The second-order valence-corrected chi connectivity index (χ2v) is 6.71. The summed E-state index contributed by atoms with van der Waals surface area (Å²) >= 11 is 0. The Hall–Kier alpha value is -4.33. The Kier molecular flexibility index (Phi) is 5.28. The zero-order chi connectivity index (χ0) is 22.0. The SMILES string of the molecule is COC(=O)c1cc(C(=O)OCc2nc3ccccc3c3ccccc23)cc([N+](=O)[O-])c1. The van der Waals surface area contributed by atoms with Crippen LogP contribution in [0.2, 0.25) is 0 Å². The molecule has 0 saturated carbocycles. The smallest absolute Gasteiger partial charge is 0.338 e. The number of para-hydroxylation sites is 1. The average molecular weight is 416 g/mol. The highest BCUT2D eigenvalue weighted by Crippen LogP contribution is 2.27. The molecule has 4 rings (SSSR count). The van der Waals surface area contributed by atoms with Gasteiger partial charge in [-0.05, 0) is 17.5 Å². The van der Waals surface area contributed by atoms with Crippen LogP contribution in [0.25, 0.3) is 21.7 Å². The molecule has 0 bridgehead atoms. The van der Waals surface area contributed by atoms with Crippen LogP contribution in [0.15, 0.2) is 66.7 Å². The molecule has 8 heteroatoms. The summed E-state index contributed by atoms with van der Waals surface area (Å²) in [6.45, 7) is -0.138. The van der Waals surface area contributed by atoms with Crippen molar-refractivity contribution < 1.29 is 24.0 Å². The number of pyridine rings is 1. The van der Waals surface area contributed by atoms with Crippen LogP contribution in [0.5, 0.6) is 0 Å². The Morgan fingerprint density at radius 2 is 1.52 bits per heavy atom. The summed E-state index contributed by atoms with van der Waals surface area (Å²) in [5, 5.41) is 14.0. The van der Waals surface area contributed by atoms with E-state index in [0.717, 1.165) is 40.9 Å². The van der Waals surface area contributed by atoms with Crippen molar-refractivity contribution in [1.29, 1.82) is 0 Å². The van der Waals surface area contributed by atoms with E-state index in [2.05, 4.69) is 9.72 Å². The molecule has 31 heavy (non-hydrogen) atoms. The molecule has 0 amide bonds. The van der Waals surface area contributed by atoms with Gasteiger partial charge in [-0.3, -0.25) is 10.1 Å². The van der Waals surface area contributed by atoms with Gasteiger partial charge in [0.15, 0.2) is 0 Å². The summed E-state index contributed by atoms with van der Waals surface area (Å²) < 4.78 is 10.00. The Morgan fingerprint density at radius 3 is 2.19 bits per heavy atom. The van der Waals surface area contributed by atoms with Gasteiger partial charge in [-0.15, -0.1) is 0 Å². The average Bonchev–Trinajstić information content (AvgIpc) is 2.81. The van der Waals surface area contributed by atoms with Crippen molar-refractivity contribution in [3.63, 3.8) is 0 Å². The second-order valence-electron chi connectivity index (χ2n) is 6.71. The number of nitro groups is 1. The van der Waals surface area contributed by atoms with Crippen LogP contribution in [-0.4, -0.2) is 29.0 Å². The Bertz CT molecular complexity index is 1350. The summed E-state index contributed by atoms with van der Waals surface area (Å²) in [6.07, 6.45) is 0. The minimum absolute atomic E-state index is 0.113. The fourth-order valence-electron chi connectivity index (χ4n) is 3.37. The highest BCUT2D eigenvalue weighted by atomic mass is 16.6. The van der Waals surface area contributed by atoms with E-state index in [1.807, 2.05) is 48.5 Å². The molecule has 0 N–H and O–H groups in total. The lowest BCUT2D eigenvalue weighted by atomic mass is 10.0. The minimum Gasteiger partial charge on any atom is -0.465 e. The van der Waals surface area contributed by atoms with E-state index < -0.39 is 22.5 Å². The van der Waals surface area contributed by atoms with Gasteiger partial charge in [0, 0.05) is 22.9 Å². The molecule has 0 aliphatic rings. The zero-order valence-electron chi connectivity index (χ0n) is 16.4. The van der Waals surface area contributed by atoms with Gasteiger partial charge >= 0.3 is 11.9 Å². The number of aromatic nitrogens is 1. The van der Waals surface area contributed by atoms with Gasteiger partial charge in [0.25, 0.3) is 5.69 Å². The van der Waals surface area contributed by atoms with Crippen LogP contribution in [0, 0.1) is 10.1 Å². The number of carbonyl (C=O) groups is 2. The predicted octanol–water partition coefficient (Wildman–Crippen LogP) is 4.44. The highest BCUT2D eigenvalue weighted by Gasteiger charge is 2.20. The number of benzene rings is 3. The lowest BCUT2D eigenvalue weighted by Gasteiger charge is -2.10. The van der Waals surface area contributed by atoms with Crippen LogP contribution in [0.4, 0.5) is 5.69 Å². The van der Waals surface area contributed by atoms with Crippen LogP contribution in [0.1, 0.15) is 26.4 Å². The molecule has 0 unspecified atom stereocenters. The maximum atomic E-state index is 12.6. The molecule has 0 aliphatic heterocycles. The number of hydrogen-bond acceptors (Lipinski definition) is 7. The Morgan fingerprint density at radius 1 is 0.903 bits per heavy atom. The molecular formula is C23H16N2O6. The molecule has 0 fully saturated rings. The molecule has 8 nitrogen and oxygen atoms in total. The third-order valence-corrected chi connectivity index (χ3v) is 4.81. The Labute approximate surface area is 176 Å². The first-order chi connectivity index (χ1) is 15.0.